The number of piperazine rings is 2. The van der Waals surface area contributed by atoms with Gasteiger partial charge in [-0.05, 0) is 101 Å². The number of amides is 1. The first-order chi connectivity index (χ1) is 31.0. The van der Waals surface area contributed by atoms with Gasteiger partial charge in [-0.1, -0.05) is 36.4 Å². The smallest absolute Gasteiger partial charge is 0.407 e. The summed E-state index contributed by atoms with van der Waals surface area (Å²) in [4.78, 5) is 28.5. The highest BCUT2D eigenvalue weighted by atomic mass is 32.1. The number of alkyl carbamates (subject to hydrolysis) is 1. The largest absolute Gasteiger partial charge is 0.467 e. The van der Waals surface area contributed by atoms with Gasteiger partial charge in [-0.3, -0.25) is 9.80 Å². The first kappa shape index (κ1) is 45.3. The summed E-state index contributed by atoms with van der Waals surface area (Å²) in [6, 6.07) is 26.1. The summed E-state index contributed by atoms with van der Waals surface area (Å²) in [5.74, 6) is 1.13. The maximum atomic E-state index is 12.7. The molecule has 4 N–H and O–H groups in total. The molecule has 2 aromatic heterocycles. The summed E-state index contributed by atoms with van der Waals surface area (Å²) in [6.45, 7) is 17.7. The van der Waals surface area contributed by atoms with Gasteiger partial charge in [0.25, 0.3) is 0 Å². The van der Waals surface area contributed by atoms with Gasteiger partial charge in [0, 0.05) is 106 Å². The molecule has 1 amide bonds. The molecule has 340 valence electrons. The highest BCUT2D eigenvalue weighted by Gasteiger charge is 2.32. The summed E-state index contributed by atoms with van der Waals surface area (Å²) in [6.07, 6.45) is 3.03. The van der Waals surface area contributed by atoms with Crippen LogP contribution in [-0.2, 0) is 22.6 Å². The van der Waals surface area contributed by atoms with Crippen LogP contribution >= 0.6 is 11.3 Å². The van der Waals surface area contributed by atoms with Crippen LogP contribution in [0.5, 0.6) is 5.75 Å². The van der Waals surface area contributed by atoms with Gasteiger partial charge in [0.05, 0.1) is 27.8 Å². The van der Waals surface area contributed by atoms with Crippen molar-refractivity contribution < 1.29 is 19.0 Å². The minimum atomic E-state index is -0.397. The first-order valence-corrected chi connectivity index (χ1v) is 23.5. The van der Waals surface area contributed by atoms with Crippen LogP contribution in [0.25, 0.3) is 21.7 Å². The van der Waals surface area contributed by atoms with E-state index in [0.717, 1.165) is 111 Å². The monoisotopic (exact) mass is 888 g/mol. The highest BCUT2D eigenvalue weighted by molar-refractivity contribution is 7.13. The van der Waals surface area contributed by atoms with Crippen molar-refractivity contribution >= 4 is 34.6 Å². The van der Waals surface area contributed by atoms with Gasteiger partial charge in [0.15, 0.2) is 12.6 Å². The second-order valence-electron chi connectivity index (χ2n) is 18.1. The fourth-order valence-corrected chi connectivity index (χ4v) is 9.57. The van der Waals surface area contributed by atoms with Gasteiger partial charge in [-0.2, -0.15) is 0 Å². The van der Waals surface area contributed by atoms with Gasteiger partial charge in [0.2, 0.25) is 0 Å². The number of para-hydroxylation sites is 1. The molecule has 1 saturated carbocycles. The van der Waals surface area contributed by atoms with Gasteiger partial charge in [-0.15, -0.1) is 21.5 Å². The van der Waals surface area contributed by atoms with E-state index in [2.05, 4.69) is 101 Å². The van der Waals surface area contributed by atoms with Crippen molar-refractivity contribution in [1.82, 2.24) is 35.6 Å². The summed E-state index contributed by atoms with van der Waals surface area (Å²) >= 11 is 1.67. The normalized spacial score (nSPS) is 17.3. The molecular formula is C49H64N10O4S. The Balaban J connectivity index is 0.862. The topological polar surface area (TPSA) is 146 Å². The van der Waals surface area contributed by atoms with E-state index in [1.165, 1.54) is 29.0 Å². The van der Waals surface area contributed by atoms with Crippen LogP contribution in [-0.4, -0.2) is 115 Å². The molecule has 15 heteroatoms. The Kier molecular flexibility index (Phi) is 14.6. The van der Waals surface area contributed by atoms with Crippen molar-refractivity contribution in [3.05, 3.63) is 101 Å². The molecule has 0 spiro atoms. The van der Waals surface area contributed by atoms with Crippen LogP contribution in [0.1, 0.15) is 68.5 Å². The van der Waals surface area contributed by atoms with Gasteiger partial charge in [0.1, 0.15) is 12.4 Å². The molecule has 5 aromatic rings. The van der Waals surface area contributed by atoms with Crippen molar-refractivity contribution in [2.75, 3.05) is 88.3 Å². The predicted octanol–water partition coefficient (Wildman–Crippen LogP) is 7.49. The number of hydrogen-bond acceptors (Lipinski definition) is 14. The third-order valence-electron chi connectivity index (χ3n) is 12.2. The van der Waals surface area contributed by atoms with E-state index < -0.39 is 6.09 Å². The Labute approximate surface area is 382 Å². The fraction of sp³-hybridized carbons (Fsp3) is 0.469. The molecule has 8 rings (SSSR count). The Hall–Kier alpha value is -5.32. The van der Waals surface area contributed by atoms with Crippen LogP contribution in [0.4, 0.5) is 22.0 Å². The van der Waals surface area contributed by atoms with E-state index >= 15 is 0 Å². The second-order valence-corrected chi connectivity index (χ2v) is 19.0. The number of nitrogens with one attached hydrogen (secondary N) is 2. The molecule has 4 heterocycles. The second kappa shape index (κ2) is 20.7. The van der Waals surface area contributed by atoms with Crippen LogP contribution in [0.2, 0.25) is 0 Å². The van der Waals surface area contributed by atoms with E-state index in [1.54, 1.807) is 18.4 Å². The lowest BCUT2D eigenvalue weighted by Gasteiger charge is -2.37. The zero-order chi connectivity index (χ0) is 44.6. The number of nitrogens with two attached hydrogens (primary N) is 1. The van der Waals surface area contributed by atoms with E-state index in [1.807, 2.05) is 50.5 Å². The number of nitrogens with zero attached hydrogens (tertiary/aromatic N) is 7. The molecular weight excluding hydrogens is 825 g/mol. The van der Waals surface area contributed by atoms with E-state index in [0.29, 0.717) is 17.6 Å². The molecule has 3 aromatic carbocycles. The molecule has 3 fully saturated rings. The van der Waals surface area contributed by atoms with E-state index in [4.69, 9.17) is 19.9 Å². The van der Waals surface area contributed by atoms with Crippen molar-refractivity contribution in [3.8, 4) is 27.4 Å². The SMILES string of the molecule is COCOc1ccccc1-c1cc(C2CNCCN2Cc2ccc(N3CCN(CCCN(c4cc(-c5scnc5C)ccc4COC(=O)NC(C)(C)C)C4CC4)CC3)cc2)c(N)nn1. The van der Waals surface area contributed by atoms with Crippen LogP contribution in [0.3, 0.4) is 0 Å². The number of rotatable bonds is 17. The summed E-state index contributed by atoms with van der Waals surface area (Å²) in [7, 11) is 1.61. The van der Waals surface area contributed by atoms with Gasteiger partial charge >= 0.3 is 6.09 Å². The highest BCUT2D eigenvalue weighted by Crippen LogP contribution is 2.39. The average Bonchev–Trinajstić information content (AvgIpc) is 4.05. The number of hydrogen-bond donors (Lipinski definition) is 3. The molecule has 2 saturated heterocycles. The number of methoxy groups -OCH3 is 1. The zero-order valence-electron chi connectivity index (χ0n) is 38.0. The van der Waals surface area contributed by atoms with Gasteiger partial charge in [-0.25, -0.2) is 9.78 Å². The molecule has 64 heavy (non-hydrogen) atoms. The van der Waals surface area contributed by atoms with Crippen molar-refractivity contribution in [1.29, 1.82) is 0 Å². The Morgan fingerprint density at radius 3 is 2.53 bits per heavy atom. The Bertz CT molecular complexity index is 2320. The molecule has 2 aliphatic heterocycles. The summed E-state index contributed by atoms with van der Waals surface area (Å²) in [5, 5.41) is 15.4. The molecule has 1 atom stereocenters. The lowest BCUT2D eigenvalue weighted by molar-refractivity contribution is 0.0515. The van der Waals surface area contributed by atoms with Crippen LogP contribution in [0.15, 0.2) is 78.3 Å². The maximum Gasteiger partial charge on any atom is 0.407 e. The molecule has 1 aliphatic carbocycles. The van der Waals surface area contributed by atoms with Gasteiger partial charge < -0.3 is 40.4 Å². The number of benzene rings is 3. The van der Waals surface area contributed by atoms with Crippen LogP contribution in [0, 0.1) is 6.92 Å². The predicted molar refractivity (Wildman–Crippen MR) is 256 cm³/mol. The maximum absolute atomic E-state index is 12.7. The number of thiazole rings is 1. The Morgan fingerprint density at radius 1 is 1.00 bits per heavy atom. The number of carbonyl (C=O) groups excluding carboxylic acids is 1. The van der Waals surface area contributed by atoms with Crippen LogP contribution < -0.4 is 30.9 Å². The third-order valence-corrected chi connectivity index (χ3v) is 13.2. The first-order valence-electron chi connectivity index (χ1n) is 22.6. The quantitative estimate of drug-likeness (QED) is 0.0794. The van der Waals surface area contributed by atoms with Crippen molar-refractivity contribution in [2.24, 2.45) is 0 Å². The molecule has 14 nitrogen and oxygen atoms in total. The molecule has 1 unspecified atom stereocenters. The Morgan fingerprint density at radius 2 is 1.80 bits per heavy atom. The number of carbonyl (C=O) groups is 1. The number of aryl methyl sites for hydroxylation is 1. The lowest BCUT2D eigenvalue weighted by Crippen LogP contribution is -2.47. The summed E-state index contributed by atoms with van der Waals surface area (Å²) < 4.78 is 16.8. The van der Waals surface area contributed by atoms with Crippen molar-refractivity contribution in [3.63, 3.8) is 0 Å². The average molecular weight is 889 g/mol. The van der Waals surface area contributed by atoms with E-state index in [9.17, 15) is 4.79 Å². The number of anilines is 3. The molecule has 0 radical (unpaired) electrons. The van der Waals surface area contributed by atoms with Crippen molar-refractivity contribution in [2.45, 2.75) is 77.7 Å². The molecule has 0 bridgehead atoms. The standard InChI is InChI=1S/C49H64N10O4S/c1-34-46(64-32-52-34)36-13-14-37(31-62-48(60)53-49(2,3)4)43(27-36)59(39-17-18-39)21-8-20-56-23-25-57(26-24-56)38-15-11-35(12-16-38)30-58-22-19-51-29-44(58)41-28-42(54-55-47(41)50)40-9-6-7-10-45(40)63-33-61-5/h6-7,9-16,27-28,32,39,44,51H,8,17-26,29-31,33H2,1-5H3,(H2,50,55)(H,53,60). The van der Waals surface area contributed by atoms with E-state index in [-0.39, 0.29) is 25.0 Å². The number of nitrogen functional groups attached to an aromatic ring is 1. The lowest BCUT2D eigenvalue weighted by atomic mass is 10.0. The zero-order valence-corrected chi connectivity index (χ0v) is 38.8. The minimum Gasteiger partial charge on any atom is -0.467 e. The number of aromatic nitrogens is 3. The fourth-order valence-electron chi connectivity index (χ4n) is 8.77. The molecule has 3 aliphatic rings. The third kappa shape index (κ3) is 11.5. The minimum absolute atomic E-state index is 0.0417. The number of ether oxygens (including phenoxy) is 3. The summed E-state index contributed by atoms with van der Waals surface area (Å²) in [5.41, 5.74) is 17.5.